The zero-order valence-corrected chi connectivity index (χ0v) is 16.4. The molecule has 0 unspecified atom stereocenters. The first-order chi connectivity index (χ1) is 13.1. The molecular formula is C18H23F3N4O2S. The third kappa shape index (κ3) is 3.12. The van der Waals surface area contributed by atoms with Gasteiger partial charge < -0.3 is 15.2 Å². The van der Waals surface area contributed by atoms with Gasteiger partial charge in [-0.15, -0.1) is 0 Å². The fourth-order valence-electron chi connectivity index (χ4n) is 3.93. The largest absolute Gasteiger partial charge is 0.416 e. The maximum atomic E-state index is 13.1. The number of aryl methyl sites for hydroxylation is 1. The molecule has 0 radical (unpaired) electrons. The summed E-state index contributed by atoms with van der Waals surface area (Å²) in [7, 11) is -3.22. The van der Waals surface area contributed by atoms with Crippen LogP contribution in [0.1, 0.15) is 25.3 Å². The molecular weight excluding hydrogens is 393 g/mol. The summed E-state index contributed by atoms with van der Waals surface area (Å²) in [5.74, 6) is 0.667. The Hall–Kier alpha value is -1.94. The topological polar surface area (TPSA) is 71.6 Å². The molecule has 1 aliphatic carbocycles. The molecule has 2 fully saturated rings. The van der Waals surface area contributed by atoms with E-state index in [2.05, 4.69) is 0 Å². The highest BCUT2D eigenvalue weighted by Gasteiger charge is 2.41. The van der Waals surface area contributed by atoms with Crippen molar-refractivity contribution in [1.82, 2.24) is 8.87 Å². The molecule has 28 heavy (non-hydrogen) atoms. The van der Waals surface area contributed by atoms with Gasteiger partial charge in [0.2, 0.25) is 10.0 Å². The number of anilines is 2. The number of nitrogens with zero attached hydrogens (tertiary/aromatic N) is 3. The van der Waals surface area contributed by atoms with Crippen molar-refractivity contribution >= 4 is 32.4 Å². The van der Waals surface area contributed by atoms with Gasteiger partial charge in [-0.2, -0.15) is 17.5 Å². The molecule has 1 aromatic heterocycles. The summed E-state index contributed by atoms with van der Waals surface area (Å²) >= 11 is 0. The van der Waals surface area contributed by atoms with E-state index in [1.165, 1.54) is 10.4 Å². The van der Waals surface area contributed by atoms with Crippen LogP contribution >= 0.6 is 0 Å². The minimum atomic E-state index is -4.42. The Labute approximate surface area is 161 Å². The summed E-state index contributed by atoms with van der Waals surface area (Å²) in [5.41, 5.74) is 6.48. The number of hydrogen-bond acceptors (Lipinski definition) is 4. The number of hydrogen-bond donors (Lipinski definition) is 1. The van der Waals surface area contributed by atoms with Gasteiger partial charge in [-0.05, 0) is 31.9 Å². The van der Waals surface area contributed by atoms with E-state index in [0.29, 0.717) is 55.1 Å². The molecule has 10 heteroatoms. The SMILES string of the molecule is CCn1c(N2CCN(S(=O)(=O)C3CC3)CC2)c(N)c2ccc(C(F)(F)F)cc21. The van der Waals surface area contributed by atoms with Gasteiger partial charge in [0.05, 0.1) is 22.0 Å². The van der Waals surface area contributed by atoms with Gasteiger partial charge >= 0.3 is 6.18 Å². The molecule has 1 aromatic carbocycles. The van der Waals surface area contributed by atoms with Crippen LogP contribution in [0.4, 0.5) is 24.7 Å². The van der Waals surface area contributed by atoms with Gasteiger partial charge in [0.25, 0.3) is 0 Å². The molecule has 0 spiro atoms. The lowest BCUT2D eigenvalue weighted by molar-refractivity contribution is -0.137. The highest BCUT2D eigenvalue weighted by molar-refractivity contribution is 7.90. The number of aromatic nitrogens is 1. The average molecular weight is 416 g/mol. The maximum absolute atomic E-state index is 13.1. The van der Waals surface area contributed by atoms with E-state index in [0.717, 1.165) is 25.0 Å². The normalized spacial score (nSPS) is 19.5. The van der Waals surface area contributed by atoms with Crippen LogP contribution in [0.15, 0.2) is 18.2 Å². The van der Waals surface area contributed by atoms with Crippen molar-refractivity contribution < 1.29 is 21.6 Å². The molecule has 0 amide bonds. The molecule has 4 rings (SSSR count). The Balaban J connectivity index is 1.66. The van der Waals surface area contributed by atoms with Crippen molar-refractivity contribution in [2.75, 3.05) is 36.8 Å². The molecule has 0 atom stereocenters. The van der Waals surface area contributed by atoms with E-state index in [1.807, 2.05) is 11.8 Å². The summed E-state index contributed by atoms with van der Waals surface area (Å²) in [4.78, 5) is 1.98. The molecule has 0 bridgehead atoms. The zero-order valence-electron chi connectivity index (χ0n) is 15.5. The number of halogens is 3. The molecule has 1 saturated carbocycles. The van der Waals surface area contributed by atoms with Gasteiger partial charge in [0, 0.05) is 38.1 Å². The average Bonchev–Trinajstić information content (AvgIpc) is 3.47. The first kappa shape index (κ1) is 19.4. The van der Waals surface area contributed by atoms with Crippen LogP contribution in [-0.2, 0) is 22.7 Å². The standard InChI is InChI=1S/C18H23F3N4O2S/c1-2-25-15-11-12(18(19,20)21)3-6-14(15)16(22)17(25)23-7-9-24(10-8-23)28(26,27)13-4-5-13/h3,6,11,13H,2,4-5,7-10,22H2,1H3. The Morgan fingerprint density at radius 3 is 2.32 bits per heavy atom. The molecule has 2 aliphatic rings. The quantitative estimate of drug-likeness (QED) is 0.832. The van der Waals surface area contributed by atoms with E-state index in [-0.39, 0.29) is 5.25 Å². The number of piperazine rings is 1. The van der Waals surface area contributed by atoms with Crippen LogP contribution in [0.5, 0.6) is 0 Å². The predicted molar refractivity (Wildman–Crippen MR) is 103 cm³/mol. The number of benzene rings is 1. The molecule has 6 nitrogen and oxygen atoms in total. The fraction of sp³-hybridized carbons (Fsp3) is 0.556. The number of alkyl halides is 3. The van der Waals surface area contributed by atoms with Gasteiger partial charge in [-0.1, -0.05) is 6.07 Å². The van der Waals surface area contributed by atoms with Gasteiger partial charge in [0.1, 0.15) is 5.82 Å². The predicted octanol–water partition coefficient (Wildman–Crippen LogP) is 2.88. The first-order valence-corrected chi connectivity index (χ1v) is 10.9. The Morgan fingerprint density at radius 2 is 1.79 bits per heavy atom. The van der Waals surface area contributed by atoms with Gasteiger partial charge in [0.15, 0.2) is 0 Å². The lowest BCUT2D eigenvalue weighted by atomic mass is 10.1. The van der Waals surface area contributed by atoms with Gasteiger partial charge in [-0.3, -0.25) is 0 Å². The van der Waals surface area contributed by atoms with Crippen LogP contribution in [0.25, 0.3) is 10.9 Å². The van der Waals surface area contributed by atoms with Crippen LogP contribution in [-0.4, -0.2) is 48.7 Å². The van der Waals surface area contributed by atoms with E-state index < -0.39 is 21.8 Å². The molecule has 1 aliphatic heterocycles. The lowest BCUT2D eigenvalue weighted by Gasteiger charge is -2.36. The minimum Gasteiger partial charge on any atom is -0.395 e. The second-order valence-electron chi connectivity index (χ2n) is 7.34. The summed E-state index contributed by atoms with van der Waals surface area (Å²) < 4.78 is 67.5. The molecule has 2 heterocycles. The summed E-state index contributed by atoms with van der Waals surface area (Å²) in [5, 5.41) is 0.338. The number of nitrogens with two attached hydrogens (primary N) is 1. The maximum Gasteiger partial charge on any atom is 0.416 e. The van der Waals surface area contributed by atoms with Gasteiger partial charge in [-0.25, -0.2) is 8.42 Å². The van der Waals surface area contributed by atoms with Crippen molar-refractivity contribution in [2.45, 2.75) is 37.7 Å². The van der Waals surface area contributed by atoms with Crippen molar-refractivity contribution in [3.05, 3.63) is 23.8 Å². The van der Waals surface area contributed by atoms with Crippen molar-refractivity contribution in [2.24, 2.45) is 0 Å². The third-order valence-corrected chi connectivity index (χ3v) is 7.96. The van der Waals surface area contributed by atoms with Crippen LogP contribution in [0.3, 0.4) is 0 Å². The minimum absolute atomic E-state index is 0.244. The lowest BCUT2D eigenvalue weighted by Crippen LogP contribution is -2.50. The second-order valence-corrected chi connectivity index (χ2v) is 9.55. The molecule has 2 aromatic rings. The summed E-state index contributed by atoms with van der Waals surface area (Å²) in [6, 6.07) is 3.59. The molecule has 154 valence electrons. The number of sulfonamides is 1. The van der Waals surface area contributed by atoms with Crippen molar-refractivity contribution in [3.63, 3.8) is 0 Å². The second kappa shape index (κ2) is 6.55. The highest BCUT2D eigenvalue weighted by atomic mass is 32.2. The first-order valence-electron chi connectivity index (χ1n) is 9.37. The molecule has 1 saturated heterocycles. The Kier molecular flexibility index (Phi) is 4.53. The van der Waals surface area contributed by atoms with Crippen LogP contribution in [0.2, 0.25) is 0 Å². The Morgan fingerprint density at radius 1 is 1.14 bits per heavy atom. The van der Waals surface area contributed by atoms with E-state index in [9.17, 15) is 21.6 Å². The fourth-order valence-corrected chi connectivity index (χ4v) is 5.76. The van der Waals surface area contributed by atoms with E-state index in [4.69, 9.17) is 5.73 Å². The van der Waals surface area contributed by atoms with E-state index >= 15 is 0 Å². The summed E-state index contributed by atoms with van der Waals surface area (Å²) in [6.07, 6.45) is -2.98. The van der Waals surface area contributed by atoms with Crippen LogP contribution in [0, 0.1) is 0 Å². The number of rotatable bonds is 4. The third-order valence-electron chi connectivity index (χ3n) is 5.56. The Bertz CT molecular complexity index is 1000. The van der Waals surface area contributed by atoms with Crippen molar-refractivity contribution in [1.29, 1.82) is 0 Å². The monoisotopic (exact) mass is 416 g/mol. The highest BCUT2D eigenvalue weighted by Crippen LogP contribution is 2.39. The van der Waals surface area contributed by atoms with Crippen molar-refractivity contribution in [3.8, 4) is 0 Å². The molecule has 2 N–H and O–H groups in total. The summed E-state index contributed by atoms with van der Waals surface area (Å²) in [6.45, 7) is 3.95. The number of nitrogen functional groups attached to an aromatic ring is 1. The number of fused-ring (bicyclic) bond motifs is 1. The van der Waals surface area contributed by atoms with E-state index in [1.54, 1.807) is 4.57 Å². The van der Waals surface area contributed by atoms with Crippen LogP contribution < -0.4 is 10.6 Å². The smallest absolute Gasteiger partial charge is 0.395 e. The zero-order chi connectivity index (χ0) is 20.3.